The number of nitrogens with zero attached hydrogens (tertiary/aromatic N) is 3. The number of ether oxygens (including phenoxy) is 2. The minimum absolute atomic E-state index is 0.193. The van der Waals surface area contributed by atoms with E-state index in [-0.39, 0.29) is 30.5 Å². The summed E-state index contributed by atoms with van der Waals surface area (Å²) in [6.07, 6.45) is 0.313. The summed E-state index contributed by atoms with van der Waals surface area (Å²) < 4.78 is 25.5. The third-order valence-electron chi connectivity index (χ3n) is 4.92. The number of nitrogens with two attached hydrogens (primary N) is 1. The van der Waals surface area contributed by atoms with E-state index in [9.17, 15) is 4.39 Å². The smallest absolute Gasteiger partial charge is 0.220 e. The van der Waals surface area contributed by atoms with E-state index in [2.05, 4.69) is 31.4 Å². The van der Waals surface area contributed by atoms with E-state index in [1.165, 1.54) is 12.1 Å². The van der Waals surface area contributed by atoms with Crippen LogP contribution in [0.3, 0.4) is 0 Å². The maximum Gasteiger partial charge on any atom is 0.220 e. The van der Waals surface area contributed by atoms with Crippen LogP contribution in [0.2, 0.25) is 0 Å². The average molecular weight is 480 g/mol. The quantitative estimate of drug-likeness (QED) is 0.649. The van der Waals surface area contributed by atoms with Crippen molar-refractivity contribution in [1.82, 2.24) is 15.4 Å². The summed E-state index contributed by atoms with van der Waals surface area (Å²) in [5.41, 5.74) is 11.8. The van der Waals surface area contributed by atoms with E-state index in [0.717, 1.165) is 16.8 Å². The number of hydroxylamine groups is 1. The molecule has 4 rings (SSSR count). The molecule has 30 heavy (non-hydrogen) atoms. The lowest BCUT2D eigenvalue weighted by Crippen LogP contribution is -2.35. The van der Waals surface area contributed by atoms with Crippen LogP contribution in [-0.2, 0) is 20.7 Å². The first-order chi connectivity index (χ1) is 14.2. The molecule has 2 aromatic rings. The highest BCUT2D eigenvalue weighted by Crippen LogP contribution is 2.34. The van der Waals surface area contributed by atoms with Crippen molar-refractivity contribution in [2.24, 2.45) is 4.99 Å². The first kappa shape index (κ1) is 21.1. The van der Waals surface area contributed by atoms with Gasteiger partial charge in [-0.2, -0.15) is 0 Å². The standard InChI is InChI=1S/C20H23BrFN5O3/c1-10-17-16(26-19(23)24-10)7-15(13-5-4-11(22)6-14(13)21)25-18(17)27-29-9-12-8-28-20(2,3)30-12/h4-6,12,15H,7-9H2,1-3H3,(H,25,27)(H2,23,24,26)/t12-,15?/m1/s1. The van der Waals surface area contributed by atoms with Crippen molar-refractivity contribution in [2.75, 3.05) is 18.9 Å². The van der Waals surface area contributed by atoms with Gasteiger partial charge in [0.1, 0.15) is 18.5 Å². The molecule has 3 heterocycles. The molecule has 1 fully saturated rings. The molecule has 1 unspecified atom stereocenters. The number of hydrogen-bond donors (Lipinski definition) is 2. The van der Waals surface area contributed by atoms with E-state index >= 15 is 0 Å². The number of amidine groups is 1. The molecule has 0 spiro atoms. The highest BCUT2D eigenvalue weighted by molar-refractivity contribution is 9.10. The number of aromatic nitrogens is 2. The van der Waals surface area contributed by atoms with Crippen LogP contribution in [0, 0.1) is 12.7 Å². The van der Waals surface area contributed by atoms with Crippen molar-refractivity contribution in [2.45, 2.75) is 45.1 Å². The zero-order chi connectivity index (χ0) is 21.5. The summed E-state index contributed by atoms with van der Waals surface area (Å²) >= 11 is 3.43. The molecule has 2 atom stereocenters. The molecular weight excluding hydrogens is 457 g/mol. The van der Waals surface area contributed by atoms with Gasteiger partial charge in [-0.1, -0.05) is 22.0 Å². The van der Waals surface area contributed by atoms with E-state index in [4.69, 9.17) is 25.0 Å². The summed E-state index contributed by atoms with van der Waals surface area (Å²) in [6.45, 7) is 6.29. The van der Waals surface area contributed by atoms with Gasteiger partial charge in [-0.05, 0) is 38.5 Å². The van der Waals surface area contributed by atoms with Crippen LogP contribution in [0.5, 0.6) is 0 Å². The Kier molecular flexibility index (Phi) is 5.75. The lowest BCUT2D eigenvalue weighted by Gasteiger charge is -2.25. The number of anilines is 1. The van der Waals surface area contributed by atoms with Gasteiger partial charge in [0.2, 0.25) is 5.95 Å². The number of aryl methyl sites for hydroxylation is 1. The van der Waals surface area contributed by atoms with E-state index in [1.54, 1.807) is 6.07 Å². The molecular formula is C20H23BrFN5O3. The first-order valence-corrected chi connectivity index (χ1v) is 10.4. The Morgan fingerprint density at radius 1 is 1.37 bits per heavy atom. The fraction of sp³-hybridized carbons (Fsp3) is 0.450. The van der Waals surface area contributed by atoms with Gasteiger partial charge in [-0.25, -0.2) is 19.8 Å². The minimum atomic E-state index is -0.620. The van der Waals surface area contributed by atoms with Crippen molar-refractivity contribution >= 4 is 27.7 Å². The Morgan fingerprint density at radius 2 is 2.17 bits per heavy atom. The molecule has 160 valence electrons. The van der Waals surface area contributed by atoms with Gasteiger partial charge >= 0.3 is 0 Å². The topological polar surface area (TPSA) is 104 Å². The van der Waals surface area contributed by atoms with Gasteiger partial charge < -0.3 is 15.2 Å². The fourth-order valence-electron chi connectivity index (χ4n) is 3.64. The molecule has 0 saturated carbocycles. The molecule has 10 heteroatoms. The summed E-state index contributed by atoms with van der Waals surface area (Å²) in [5, 5.41) is 0. The van der Waals surface area contributed by atoms with Gasteiger partial charge in [-0.3, -0.25) is 9.83 Å². The summed E-state index contributed by atoms with van der Waals surface area (Å²) in [4.78, 5) is 19.1. The van der Waals surface area contributed by atoms with Crippen molar-refractivity contribution < 1.29 is 18.7 Å². The predicted molar refractivity (Wildman–Crippen MR) is 112 cm³/mol. The number of benzene rings is 1. The van der Waals surface area contributed by atoms with Crippen LogP contribution in [0.25, 0.3) is 0 Å². The predicted octanol–water partition coefficient (Wildman–Crippen LogP) is 2.99. The van der Waals surface area contributed by atoms with E-state index in [0.29, 0.717) is 29.0 Å². The second kappa shape index (κ2) is 8.18. The molecule has 3 N–H and O–H groups in total. The van der Waals surface area contributed by atoms with Crippen LogP contribution >= 0.6 is 15.9 Å². The molecule has 0 radical (unpaired) electrons. The maximum atomic E-state index is 13.5. The molecule has 8 nitrogen and oxygen atoms in total. The van der Waals surface area contributed by atoms with Crippen LogP contribution in [-0.4, -0.2) is 40.9 Å². The molecule has 0 aliphatic carbocycles. The number of halogens is 2. The highest BCUT2D eigenvalue weighted by atomic mass is 79.9. The van der Waals surface area contributed by atoms with Crippen molar-refractivity contribution in [3.63, 3.8) is 0 Å². The Hall–Kier alpha value is -2.14. The number of fused-ring (bicyclic) bond motifs is 1. The molecule has 0 amide bonds. The average Bonchev–Trinajstić information content (AvgIpc) is 2.99. The van der Waals surface area contributed by atoms with Crippen molar-refractivity contribution in [3.8, 4) is 0 Å². The molecule has 1 aromatic heterocycles. The summed E-state index contributed by atoms with van der Waals surface area (Å²) in [5.74, 6) is -0.251. The monoisotopic (exact) mass is 479 g/mol. The minimum Gasteiger partial charge on any atom is -0.368 e. The van der Waals surface area contributed by atoms with Gasteiger partial charge in [-0.15, -0.1) is 0 Å². The largest absolute Gasteiger partial charge is 0.368 e. The molecule has 1 saturated heterocycles. The lowest BCUT2D eigenvalue weighted by atomic mass is 9.95. The highest BCUT2D eigenvalue weighted by Gasteiger charge is 2.33. The van der Waals surface area contributed by atoms with Crippen molar-refractivity contribution in [1.29, 1.82) is 0 Å². The molecule has 2 aliphatic heterocycles. The van der Waals surface area contributed by atoms with Gasteiger partial charge in [0.25, 0.3) is 0 Å². The maximum absolute atomic E-state index is 13.5. The van der Waals surface area contributed by atoms with Crippen LogP contribution in [0.15, 0.2) is 27.7 Å². The number of aliphatic imine (C=N–C) groups is 1. The second-order valence-corrected chi connectivity index (χ2v) is 8.57. The number of rotatable bonds is 4. The zero-order valence-electron chi connectivity index (χ0n) is 16.9. The van der Waals surface area contributed by atoms with E-state index < -0.39 is 5.79 Å². The van der Waals surface area contributed by atoms with Crippen LogP contribution in [0.1, 0.15) is 42.4 Å². The Morgan fingerprint density at radius 3 is 2.87 bits per heavy atom. The SMILES string of the molecule is Cc1nc(N)nc2c1C(NOC[C@H]1COC(C)(C)O1)=NC(c1ccc(F)cc1Br)C2. The van der Waals surface area contributed by atoms with Crippen LogP contribution < -0.4 is 11.2 Å². The summed E-state index contributed by atoms with van der Waals surface area (Å²) in [7, 11) is 0. The van der Waals surface area contributed by atoms with Gasteiger partial charge in [0.15, 0.2) is 11.6 Å². The fourth-order valence-corrected chi connectivity index (χ4v) is 4.25. The lowest BCUT2D eigenvalue weighted by molar-refractivity contribution is -0.146. The molecule has 0 bridgehead atoms. The Labute approximate surface area is 182 Å². The second-order valence-electron chi connectivity index (χ2n) is 7.72. The normalized spacial score (nSPS) is 22.5. The summed E-state index contributed by atoms with van der Waals surface area (Å²) in [6, 6.07) is 4.24. The number of hydrogen-bond acceptors (Lipinski definition) is 8. The zero-order valence-corrected chi connectivity index (χ0v) is 18.5. The van der Waals surface area contributed by atoms with Crippen molar-refractivity contribution in [3.05, 3.63) is 51.0 Å². The third kappa shape index (κ3) is 4.46. The molecule has 2 aliphatic rings. The Balaban J connectivity index is 1.59. The first-order valence-electron chi connectivity index (χ1n) is 9.57. The van der Waals surface area contributed by atoms with Gasteiger partial charge in [0, 0.05) is 10.9 Å². The number of nitrogen functional groups attached to an aromatic ring is 1. The molecule has 1 aromatic carbocycles. The van der Waals surface area contributed by atoms with Crippen LogP contribution in [0.4, 0.5) is 10.3 Å². The third-order valence-corrected chi connectivity index (χ3v) is 5.60. The van der Waals surface area contributed by atoms with Gasteiger partial charge in [0.05, 0.1) is 29.6 Å². The van der Waals surface area contributed by atoms with E-state index in [1.807, 2.05) is 20.8 Å². The Bertz CT molecular complexity index is 1000. The number of nitrogens with one attached hydrogen (secondary N) is 1.